The van der Waals surface area contributed by atoms with Gasteiger partial charge in [0.05, 0.1) is 0 Å². The van der Waals surface area contributed by atoms with E-state index in [2.05, 4.69) is 440 Å². The standard InChI is InChI=1S/C52H32.2C41H24/c1-29-19-21-31-11-3-5-13-33(31)47(29)41-25-23-39-43-28-46-36-16-8-10-18-38(36)50-42(48-30(2)20-22-32-12-4-6-14-34(32)48)26-24-40(52(46)50)44(43)27-45-35-15-7-9-17-37(35)49(41)51(39)45;1-23-17-18-24-9-2-3-10-26(24)39(23)25-19-35-29-13-6-7-14-30(29)38-21-33-32-16-8-15-31-27-11-4-5-12-28(27)37(40(31)32)22-34(33)36(20-25)41(35)38;1-23-17-18-24-9-2-3-10-25(24)38(23)33-20-19-32-35-21-36-27-12-5-4-11-26(27)29-15-8-16-31(39(29)36)34(35)22-37-28-13-6-7-14-30(28)40(33)41(32)37/h3-28H,1-2H3;2*2-22H,1H3. The number of rotatable bonds is 4. The first-order valence-electron chi connectivity index (χ1n) is 47.3. The summed E-state index contributed by atoms with van der Waals surface area (Å²) in [6, 6.07) is 155. The van der Waals surface area contributed by atoms with E-state index in [0.29, 0.717) is 0 Å². The minimum absolute atomic E-state index is 1.28. The largest absolute Gasteiger partial charge is 0.0616 e. The Morgan fingerprint density at radius 1 is 0.104 bits per heavy atom. The van der Waals surface area contributed by atoms with Gasteiger partial charge in [-0.3, -0.25) is 0 Å². The van der Waals surface area contributed by atoms with Crippen molar-refractivity contribution in [1.29, 1.82) is 0 Å². The molecule has 0 aliphatic carbocycles. The molecule has 32 aromatic carbocycles. The molecule has 0 unspecified atom stereocenters. The van der Waals surface area contributed by atoms with Crippen molar-refractivity contribution in [2.75, 3.05) is 0 Å². The number of aryl methyl sites for hydroxylation is 4. The first-order valence-corrected chi connectivity index (χ1v) is 47.3. The van der Waals surface area contributed by atoms with Crippen LogP contribution < -0.4 is 0 Å². The van der Waals surface area contributed by atoms with E-state index in [1.54, 1.807) is 0 Å². The van der Waals surface area contributed by atoms with Crippen molar-refractivity contribution in [2.45, 2.75) is 27.7 Å². The van der Waals surface area contributed by atoms with Crippen LogP contribution in [0.5, 0.6) is 0 Å². The lowest BCUT2D eigenvalue weighted by atomic mass is 9.87. The summed E-state index contributed by atoms with van der Waals surface area (Å²) in [4.78, 5) is 0. The zero-order valence-corrected chi connectivity index (χ0v) is 74.3. The molecular formula is C134H80. The lowest BCUT2D eigenvalue weighted by Gasteiger charge is -2.16. The SMILES string of the molecule is Cc1ccc2ccccc2c1-c1cc2c3ccccc3c3cc4c(cc5c6ccccc6c6cccc4c65)c(c1)c23.Cc1ccc2ccccc2c1-c1ccc2c3cc4c5ccccc5c5c(-c6c(C)ccc7ccccc67)ccc(c3cc3c6ccccc6c1c23)c45.Cc1ccc2ccccc2c1-c1ccc2c3cc4c5ccccc5c5cccc(c3cc3c6ccccc6c1c23)c54. The minimum atomic E-state index is 1.28. The van der Waals surface area contributed by atoms with Crippen molar-refractivity contribution in [2.24, 2.45) is 0 Å². The molecule has 0 aliphatic rings. The van der Waals surface area contributed by atoms with Crippen LogP contribution in [0.15, 0.2) is 413 Å². The maximum Gasteiger partial charge on any atom is -0.00137 e. The second-order valence-corrected chi connectivity index (χ2v) is 38.2. The first-order chi connectivity index (χ1) is 66.2. The molecule has 0 spiro atoms. The first kappa shape index (κ1) is 73.9. The van der Waals surface area contributed by atoms with Crippen LogP contribution in [0.1, 0.15) is 22.3 Å². The van der Waals surface area contributed by atoms with E-state index < -0.39 is 0 Å². The molecule has 0 saturated heterocycles. The molecule has 0 atom stereocenters. The third kappa shape index (κ3) is 9.95. The van der Waals surface area contributed by atoms with Crippen LogP contribution in [-0.2, 0) is 0 Å². The van der Waals surface area contributed by atoms with Crippen molar-refractivity contribution in [3.8, 4) is 44.5 Å². The highest BCUT2D eigenvalue weighted by molar-refractivity contribution is 6.47. The van der Waals surface area contributed by atoms with Gasteiger partial charge in [0.1, 0.15) is 0 Å². The number of benzene rings is 26. The summed E-state index contributed by atoms with van der Waals surface area (Å²) in [5.74, 6) is 0. The topological polar surface area (TPSA) is 0 Å². The monoisotopic (exact) mass is 1690 g/mol. The molecule has 0 amide bonds. The highest BCUT2D eigenvalue weighted by Crippen LogP contribution is 2.57. The van der Waals surface area contributed by atoms with Gasteiger partial charge < -0.3 is 0 Å². The van der Waals surface area contributed by atoms with E-state index >= 15 is 0 Å². The van der Waals surface area contributed by atoms with Gasteiger partial charge in [0, 0.05) is 0 Å². The summed E-state index contributed by atoms with van der Waals surface area (Å²) in [6.07, 6.45) is 0. The summed E-state index contributed by atoms with van der Waals surface area (Å²) in [6.45, 7) is 9.03. The van der Waals surface area contributed by atoms with Crippen molar-refractivity contribution < 1.29 is 0 Å². The summed E-state index contributed by atoms with van der Waals surface area (Å²) < 4.78 is 0. The van der Waals surface area contributed by atoms with Crippen molar-refractivity contribution in [3.63, 3.8) is 0 Å². The van der Waals surface area contributed by atoms with Gasteiger partial charge in [-0.15, -0.1) is 0 Å². The van der Waals surface area contributed by atoms with Crippen LogP contribution in [0.4, 0.5) is 0 Å². The van der Waals surface area contributed by atoms with Crippen LogP contribution in [0.25, 0.3) is 314 Å². The van der Waals surface area contributed by atoms with E-state index in [1.165, 1.54) is 336 Å². The molecule has 616 valence electrons. The Balaban J connectivity index is 0.0000000969. The van der Waals surface area contributed by atoms with E-state index in [-0.39, 0.29) is 0 Å². The van der Waals surface area contributed by atoms with E-state index in [0.717, 1.165) is 0 Å². The smallest absolute Gasteiger partial charge is 0.00137 e. The Morgan fingerprint density at radius 3 is 0.582 bits per heavy atom. The van der Waals surface area contributed by atoms with E-state index in [4.69, 9.17) is 0 Å². The van der Waals surface area contributed by atoms with Crippen LogP contribution in [0, 0.1) is 27.7 Å². The second kappa shape index (κ2) is 27.4. The fraction of sp³-hybridized carbons (Fsp3) is 0.0299. The summed E-state index contributed by atoms with van der Waals surface area (Å²) in [5, 5.41) is 67.1. The van der Waals surface area contributed by atoms with Crippen LogP contribution in [-0.4, -0.2) is 0 Å². The molecule has 0 heteroatoms. The van der Waals surface area contributed by atoms with Crippen molar-refractivity contribution in [3.05, 3.63) is 435 Å². The van der Waals surface area contributed by atoms with Gasteiger partial charge in [-0.05, 0) is 412 Å². The zero-order valence-electron chi connectivity index (χ0n) is 74.3. The van der Waals surface area contributed by atoms with E-state index in [1.807, 2.05) is 0 Å². The third-order valence-electron chi connectivity index (χ3n) is 31.5. The molecule has 0 radical (unpaired) electrons. The lowest BCUT2D eigenvalue weighted by molar-refractivity contribution is 1.50. The maximum atomic E-state index is 2.52. The lowest BCUT2D eigenvalue weighted by Crippen LogP contribution is -1.90. The Hall–Kier alpha value is -16.9. The average Bonchev–Trinajstić information content (AvgIpc) is 1.53. The average molecular weight is 1690 g/mol. The molecular weight excluding hydrogens is 1610 g/mol. The van der Waals surface area contributed by atoms with Gasteiger partial charge in [-0.2, -0.15) is 0 Å². The fourth-order valence-electron chi connectivity index (χ4n) is 25.9. The Labute approximate surface area is 770 Å². The minimum Gasteiger partial charge on any atom is -0.0616 e. The maximum absolute atomic E-state index is 2.52. The molecule has 0 heterocycles. The van der Waals surface area contributed by atoms with Gasteiger partial charge >= 0.3 is 0 Å². The highest BCUT2D eigenvalue weighted by Gasteiger charge is 2.29. The summed E-state index contributed by atoms with van der Waals surface area (Å²) in [5.41, 5.74) is 15.9. The van der Waals surface area contributed by atoms with Gasteiger partial charge in [0.25, 0.3) is 0 Å². The van der Waals surface area contributed by atoms with Gasteiger partial charge in [0.15, 0.2) is 0 Å². The molecule has 0 fully saturated rings. The molecule has 32 aromatic rings. The number of hydrogen-bond donors (Lipinski definition) is 0. The number of fused-ring (bicyclic) bond motifs is 31. The molecule has 0 nitrogen and oxygen atoms in total. The quantitative estimate of drug-likeness (QED) is 0.154. The Bertz CT molecular complexity index is 10500. The zero-order chi connectivity index (χ0) is 87.9. The summed E-state index contributed by atoms with van der Waals surface area (Å²) in [7, 11) is 0. The third-order valence-corrected chi connectivity index (χ3v) is 31.5. The number of hydrogen-bond acceptors (Lipinski definition) is 0. The van der Waals surface area contributed by atoms with Crippen LogP contribution in [0.2, 0.25) is 0 Å². The molecule has 0 bridgehead atoms. The van der Waals surface area contributed by atoms with E-state index in [9.17, 15) is 0 Å². The fourth-order valence-corrected chi connectivity index (χ4v) is 25.9. The molecule has 0 saturated carbocycles. The molecule has 0 N–H and O–H groups in total. The van der Waals surface area contributed by atoms with Gasteiger partial charge in [0.2, 0.25) is 0 Å². The van der Waals surface area contributed by atoms with Gasteiger partial charge in [-0.25, -0.2) is 0 Å². The van der Waals surface area contributed by atoms with Crippen LogP contribution >= 0.6 is 0 Å². The molecule has 0 aromatic heterocycles. The predicted molar refractivity (Wildman–Crippen MR) is 585 cm³/mol. The van der Waals surface area contributed by atoms with Gasteiger partial charge in [-0.1, -0.05) is 364 Å². The van der Waals surface area contributed by atoms with Crippen LogP contribution in [0.3, 0.4) is 0 Å². The predicted octanol–water partition coefficient (Wildman–Crippen LogP) is 38.4. The van der Waals surface area contributed by atoms with Crippen molar-refractivity contribution >= 4 is 269 Å². The summed E-state index contributed by atoms with van der Waals surface area (Å²) >= 11 is 0. The van der Waals surface area contributed by atoms with Crippen molar-refractivity contribution in [1.82, 2.24) is 0 Å². The Kier molecular flexibility index (Phi) is 15.1. The molecule has 134 heavy (non-hydrogen) atoms. The highest BCUT2D eigenvalue weighted by atomic mass is 14.3. The Morgan fingerprint density at radius 2 is 0.284 bits per heavy atom. The molecule has 32 rings (SSSR count). The normalized spacial score (nSPS) is 12.5. The second-order valence-electron chi connectivity index (χ2n) is 38.2. The molecule has 0 aliphatic heterocycles.